The van der Waals surface area contributed by atoms with E-state index in [0.717, 1.165) is 32.2 Å². The van der Waals surface area contributed by atoms with Crippen LogP contribution >= 0.6 is 0 Å². The third kappa shape index (κ3) is 4.04. The van der Waals surface area contributed by atoms with Gasteiger partial charge >= 0.3 is 0 Å². The fourth-order valence-corrected chi connectivity index (χ4v) is 3.36. The van der Waals surface area contributed by atoms with Crippen molar-refractivity contribution in [1.82, 2.24) is 0 Å². The molecule has 1 saturated carbocycles. The minimum atomic E-state index is 0.437. The molecule has 4 atom stereocenters. The van der Waals surface area contributed by atoms with Crippen molar-refractivity contribution >= 4 is 0 Å². The van der Waals surface area contributed by atoms with Crippen LogP contribution in [-0.2, 0) is 18.9 Å². The Labute approximate surface area is 121 Å². The molecule has 4 unspecified atom stereocenters. The van der Waals surface area contributed by atoms with E-state index in [9.17, 15) is 0 Å². The molecule has 114 valence electrons. The maximum Gasteiger partial charge on any atom is 0.0704 e. The van der Waals surface area contributed by atoms with Crippen molar-refractivity contribution < 1.29 is 18.9 Å². The van der Waals surface area contributed by atoms with Gasteiger partial charge < -0.3 is 18.9 Å². The lowest BCUT2D eigenvalue weighted by Gasteiger charge is -2.18. The summed E-state index contributed by atoms with van der Waals surface area (Å²) in [5.41, 5.74) is 0. The molecule has 0 radical (unpaired) electrons. The molecule has 1 saturated heterocycles. The highest BCUT2D eigenvalue weighted by Crippen LogP contribution is 2.40. The van der Waals surface area contributed by atoms with E-state index in [2.05, 4.69) is 12.2 Å². The van der Waals surface area contributed by atoms with Gasteiger partial charge in [0.25, 0.3) is 0 Å². The second-order valence-electron chi connectivity index (χ2n) is 6.11. The quantitative estimate of drug-likeness (QED) is 0.479. The van der Waals surface area contributed by atoms with Crippen LogP contribution in [0.4, 0.5) is 0 Å². The zero-order valence-electron chi connectivity index (χ0n) is 12.2. The fraction of sp³-hybridized carbons (Fsp3) is 0.875. The van der Waals surface area contributed by atoms with Gasteiger partial charge in [-0.25, -0.2) is 0 Å². The Kier molecular flexibility index (Phi) is 5.48. The molecule has 2 bridgehead atoms. The summed E-state index contributed by atoms with van der Waals surface area (Å²) in [6.07, 6.45) is 8.73. The van der Waals surface area contributed by atoms with E-state index in [1.807, 2.05) is 0 Å². The molecule has 0 aromatic heterocycles. The predicted octanol–water partition coefficient (Wildman–Crippen LogP) is 2.04. The summed E-state index contributed by atoms with van der Waals surface area (Å²) in [5, 5.41) is 0. The smallest absolute Gasteiger partial charge is 0.0704 e. The summed E-state index contributed by atoms with van der Waals surface area (Å²) in [6, 6.07) is 0. The number of rotatable bonds is 9. The number of allylic oxidation sites excluding steroid dienone is 1. The van der Waals surface area contributed by atoms with Gasteiger partial charge in [0, 0.05) is 18.4 Å². The first-order chi connectivity index (χ1) is 9.92. The summed E-state index contributed by atoms with van der Waals surface area (Å²) >= 11 is 0. The molecule has 0 N–H and O–H groups in total. The van der Waals surface area contributed by atoms with Crippen LogP contribution in [0.15, 0.2) is 12.2 Å². The molecular formula is C16H26O4. The normalized spacial score (nSPS) is 35.2. The van der Waals surface area contributed by atoms with Gasteiger partial charge in [-0.2, -0.15) is 0 Å². The van der Waals surface area contributed by atoms with Gasteiger partial charge in [-0.15, -0.1) is 0 Å². The first kappa shape index (κ1) is 14.5. The lowest BCUT2D eigenvalue weighted by Crippen LogP contribution is -2.21. The molecule has 0 aromatic carbocycles. The van der Waals surface area contributed by atoms with E-state index in [-0.39, 0.29) is 0 Å². The Morgan fingerprint density at radius 2 is 1.90 bits per heavy atom. The van der Waals surface area contributed by atoms with Crippen LogP contribution < -0.4 is 0 Å². The lowest BCUT2D eigenvalue weighted by atomic mass is 10.1. The van der Waals surface area contributed by atoms with E-state index in [1.54, 1.807) is 0 Å². The van der Waals surface area contributed by atoms with Crippen LogP contribution in [0.5, 0.6) is 0 Å². The van der Waals surface area contributed by atoms with Crippen molar-refractivity contribution in [1.29, 1.82) is 0 Å². The molecule has 3 rings (SSSR count). The molecule has 1 heterocycles. The zero-order valence-corrected chi connectivity index (χ0v) is 12.2. The molecule has 4 nitrogen and oxygen atoms in total. The maximum atomic E-state index is 5.89. The van der Waals surface area contributed by atoms with Crippen LogP contribution in [-0.4, -0.2) is 52.4 Å². The SMILES string of the molecule is C1=CC2CC1CC2OCCOCCOCC1CCOC1. The number of ether oxygens (including phenoxy) is 4. The van der Waals surface area contributed by atoms with E-state index >= 15 is 0 Å². The zero-order chi connectivity index (χ0) is 13.6. The van der Waals surface area contributed by atoms with Gasteiger partial charge in [0.05, 0.1) is 45.7 Å². The Hall–Kier alpha value is -0.420. The highest BCUT2D eigenvalue weighted by atomic mass is 16.5. The van der Waals surface area contributed by atoms with Crippen molar-refractivity contribution in [3.05, 3.63) is 12.2 Å². The summed E-state index contributed by atoms with van der Waals surface area (Å²) in [6.45, 7) is 5.26. The van der Waals surface area contributed by atoms with Crippen LogP contribution in [0.1, 0.15) is 19.3 Å². The summed E-state index contributed by atoms with van der Waals surface area (Å²) in [7, 11) is 0. The van der Waals surface area contributed by atoms with E-state index in [4.69, 9.17) is 18.9 Å². The third-order valence-corrected chi connectivity index (χ3v) is 4.53. The lowest BCUT2D eigenvalue weighted by molar-refractivity contribution is -0.0216. The third-order valence-electron chi connectivity index (χ3n) is 4.53. The van der Waals surface area contributed by atoms with Crippen LogP contribution in [0.25, 0.3) is 0 Å². The summed E-state index contributed by atoms with van der Waals surface area (Å²) in [5.74, 6) is 2.03. The molecule has 2 aliphatic carbocycles. The molecule has 1 aliphatic heterocycles. The minimum absolute atomic E-state index is 0.437. The second kappa shape index (κ2) is 7.55. The van der Waals surface area contributed by atoms with Gasteiger partial charge in [0.2, 0.25) is 0 Å². The first-order valence-electron chi connectivity index (χ1n) is 7.95. The molecular weight excluding hydrogens is 256 g/mol. The molecule has 20 heavy (non-hydrogen) atoms. The fourth-order valence-electron chi connectivity index (χ4n) is 3.36. The molecule has 3 aliphatic rings. The van der Waals surface area contributed by atoms with Crippen molar-refractivity contribution in [3.63, 3.8) is 0 Å². The van der Waals surface area contributed by atoms with Gasteiger partial charge in [0.1, 0.15) is 0 Å². The Balaban J connectivity index is 1.12. The van der Waals surface area contributed by atoms with E-state index in [1.165, 1.54) is 12.8 Å². The standard InChI is InChI=1S/C16H26O4/c1-2-15-9-13(1)10-16(15)20-8-7-17-5-6-19-12-14-3-4-18-11-14/h1-2,13-16H,3-12H2. The maximum absolute atomic E-state index is 5.89. The van der Waals surface area contributed by atoms with Crippen molar-refractivity contribution in [2.75, 3.05) is 46.2 Å². The van der Waals surface area contributed by atoms with Crippen LogP contribution in [0.3, 0.4) is 0 Å². The monoisotopic (exact) mass is 282 g/mol. The number of hydrogen-bond acceptors (Lipinski definition) is 4. The summed E-state index contributed by atoms with van der Waals surface area (Å²) < 4.78 is 22.3. The Morgan fingerprint density at radius 3 is 2.65 bits per heavy atom. The van der Waals surface area contributed by atoms with Crippen molar-refractivity contribution in [2.24, 2.45) is 17.8 Å². The van der Waals surface area contributed by atoms with Gasteiger partial charge in [-0.1, -0.05) is 12.2 Å². The Morgan fingerprint density at radius 1 is 1.00 bits per heavy atom. The van der Waals surface area contributed by atoms with Crippen molar-refractivity contribution in [3.8, 4) is 0 Å². The minimum Gasteiger partial charge on any atom is -0.381 e. The highest BCUT2D eigenvalue weighted by Gasteiger charge is 2.36. The summed E-state index contributed by atoms with van der Waals surface area (Å²) in [4.78, 5) is 0. The second-order valence-corrected chi connectivity index (χ2v) is 6.11. The van der Waals surface area contributed by atoms with Gasteiger partial charge in [0.15, 0.2) is 0 Å². The molecule has 0 aromatic rings. The van der Waals surface area contributed by atoms with E-state index < -0.39 is 0 Å². The van der Waals surface area contributed by atoms with Crippen LogP contribution in [0.2, 0.25) is 0 Å². The average Bonchev–Trinajstić information content (AvgIpc) is 3.18. The van der Waals surface area contributed by atoms with E-state index in [0.29, 0.717) is 44.4 Å². The predicted molar refractivity (Wildman–Crippen MR) is 75.7 cm³/mol. The Bertz CT molecular complexity index is 312. The topological polar surface area (TPSA) is 36.9 Å². The number of hydrogen-bond donors (Lipinski definition) is 0. The van der Waals surface area contributed by atoms with Gasteiger partial charge in [-0.05, 0) is 25.2 Å². The first-order valence-corrected chi connectivity index (χ1v) is 7.95. The number of fused-ring (bicyclic) bond motifs is 2. The average molecular weight is 282 g/mol. The largest absolute Gasteiger partial charge is 0.381 e. The van der Waals surface area contributed by atoms with Gasteiger partial charge in [-0.3, -0.25) is 0 Å². The molecule has 4 heteroatoms. The van der Waals surface area contributed by atoms with Crippen molar-refractivity contribution in [2.45, 2.75) is 25.4 Å². The molecule has 0 spiro atoms. The molecule has 0 amide bonds. The molecule has 2 fully saturated rings. The highest BCUT2D eigenvalue weighted by molar-refractivity contribution is 5.10. The van der Waals surface area contributed by atoms with Crippen LogP contribution in [0, 0.1) is 17.8 Å².